The highest BCUT2D eigenvalue weighted by Crippen LogP contribution is 2.49. The van der Waals surface area contributed by atoms with Crippen LogP contribution in [0.2, 0.25) is 0 Å². The average molecular weight is 184 g/mol. The van der Waals surface area contributed by atoms with Crippen LogP contribution < -0.4 is 0 Å². The minimum absolute atomic E-state index is 0.155. The lowest BCUT2D eigenvalue weighted by atomic mass is 10.1. The van der Waals surface area contributed by atoms with E-state index in [1.807, 2.05) is 0 Å². The molecule has 0 atom stereocenters. The summed E-state index contributed by atoms with van der Waals surface area (Å²) in [5, 5.41) is 27.7. The van der Waals surface area contributed by atoms with Gasteiger partial charge in [-0.05, 0) is 25.0 Å². The molecule has 1 aliphatic carbocycles. The lowest BCUT2D eigenvalue weighted by molar-refractivity contribution is 0.146. The lowest BCUT2D eigenvalue weighted by Gasteiger charge is -2.10. The van der Waals surface area contributed by atoms with Crippen molar-refractivity contribution >= 4 is 0 Å². The molecule has 1 aromatic rings. The van der Waals surface area contributed by atoms with E-state index in [1.54, 1.807) is 0 Å². The fourth-order valence-corrected chi connectivity index (χ4v) is 1.32. The number of benzene rings is 1. The van der Waals surface area contributed by atoms with Crippen molar-refractivity contribution in [1.29, 1.82) is 0 Å². The van der Waals surface area contributed by atoms with Crippen LogP contribution in [0.4, 0.5) is 4.39 Å². The Labute approximate surface area is 74.1 Å². The molecule has 0 aromatic heterocycles. The molecule has 2 rings (SSSR count). The summed E-state index contributed by atoms with van der Waals surface area (Å²) in [6.45, 7) is 0. The fraction of sp³-hybridized carbons (Fsp3) is 0.333. The predicted octanol–water partition coefficient (Wildman–Crippen LogP) is 1.22. The molecule has 0 spiro atoms. The molecule has 3 N–H and O–H groups in total. The Morgan fingerprint density at radius 3 is 2.38 bits per heavy atom. The average Bonchev–Trinajstić information content (AvgIpc) is 2.80. The van der Waals surface area contributed by atoms with E-state index in [4.69, 9.17) is 5.11 Å². The van der Waals surface area contributed by atoms with Crippen LogP contribution in [0.15, 0.2) is 12.1 Å². The quantitative estimate of drug-likeness (QED) is 0.615. The van der Waals surface area contributed by atoms with E-state index in [1.165, 1.54) is 6.07 Å². The Kier molecular flexibility index (Phi) is 1.51. The molecule has 3 nitrogen and oxygen atoms in total. The zero-order chi connectivity index (χ0) is 9.64. The molecule has 1 aliphatic rings. The van der Waals surface area contributed by atoms with Gasteiger partial charge in [0.25, 0.3) is 0 Å². The molecule has 0 unspecified atom stereocenters. The van der Waals surface area contributed by atoms with Crippen molar-refractivity contribution in [3.8, 4) is 11.5 Å². The van der Waals surface area contributed by atoms with Crippen LogP contribution in [0.5, 0.6) is 11.5 Å². The lowest BCUT2D eigenvalue weighted by Crippen LogP contribution is -2.05. The summed E-state index contributed by atoms with van der Waals surface area (Å²) >= 11 is 0. The van der Waals surface area contributed by atoms with Crippen molar-refractivity contribution in [2.75, 3.05) is 0 Å². The first-order valence-corrected chi connectivity index (χ1v) is 3.98. The number of hydrogen-bond donors (Lipinski definition) is 3. The van der Waals surface area contributed by atoms with E-state index in [0.29, 0.717) is 12.8 Å². The summed E-state index contributed by atoms with van der Waals surface area (Å²) < 4.78 is 12.9. The molecule has 1 aromatic carbocycles. The molecular formula is C9H9FO3. The van der Waals surface area contributed by atoms with E-state index in [0.717, 1.165) is 6.07 Å². The van der Waals surface area contributed by atoms with Gasteiger partial charge < -0.3 is 15.3 Å². The molecule has 1 saturated carbocycles. The van der Waals surface area contributed by atoms with Crippen LogP contribution in [0.25, 0.3) is 0 Å². The molecule has 0 saturated heterocycles. The summed E-state index contributed by atoms with van der Waals surface area (Å²) in [5.74, 6) is -2.33. The number of phenolic OH excluding ortho intramolecular Hbond substituents is 2. The van der Waals surface area contributed by atoms with Gasteiger partial charge in [0.2, 0.25) is 5.82 Å². The standard InChI is InChI=1S/C9H9FO3/c10-7-6(11)2-1-5(8(7)12)9(13)3-4-9/h1-2,11-13H,3-4H2. The van der Waals surface area contributed by atoms with E-state index < -0.39 is 22.9 Å². The third kappa shape index (κ3) is 1.14. The van der Waals surface area contributed by atoms with Gasteiger partial charge in [0.1, 0.15) is 0 Å². The van der Waals surface area contributed by atoms with E-state index in [2.05, 4.69) is 0 Å². The minimum Gasteiger partial charge on any atom is -0.505 e. The maximum absolute atomic E-state index is 12.9. The number of phenols is 2. The van der Waals surface area contributed by atoms with Crippen LogP contribution in [-0.2, 0) is 5.60 Å². The van der Waals surface area contributed by atoms with Crippen molar-refractivity contribution in [3.05, 3.63) is 23.5 Å². The highest BCUT2D eigenvalue weighted by Gasteiger charge is 2.44. The van der Waals surface area contributed by atoms with Gasteiger partial charge in [0.15, 0.2) is 11.5 Å². The Morgan fingerprint density at radius 2 is 1.85 bits per heavy atom. The van der Waals surface area contributed by atoms with Gasteiger partial charge in [-0.2, -0.15) is 4.39 Å². The highest BCUT2D eigenvalue weighted by atomic mass is 19.1. The Hall–Kier alpha value is -1.29. The molecule has 4 heteroatoms. The Balaban J connectivity index is 2.54. The van der Waals surface area contributed by atoms with Gasteiger partial charge in [-0.3, -0.25) is 0 Å². The third-order valence-corrected chi connectivity index (χ3v) is 2.32. The van der Waals surface area contributed by atoms with Crippen molar-refractivity contribution in [2.24, 2.45) is 0 Å². The van der Waals surface area contributed by atoms with Gasteiger partial charge in [0, 0.05) is 5.56 Å². The van der Waals surface area contributed by atoms with E-state index in [9.17, 15) is 14.6 Å². The monoisotopic (exact) mass is 184 g/mol. The zero-order valence-corrected chi connectivity index (χ0v) is 6.79. The molecule has 0 amide bonds. The molecule has 70 valence electrons. The largest absolute Gasteiger partial charge is 0.505 e. The van der Waals surface area contributed by atoms with Gasteiger partial charge in [0.05, 0.1) is 5.60 Å². The topological polar surface area (TPSA) is 60.7 Å². The highest BCUT2D eigenvalue weighted by molar-refractivity contribution is 5.45. The number of hydrogen-bond acceptors (Lipinski definition) is 3. The summed E-state index contributed by atoms with van der Waals surface area (Å²) in [6.07, 6.45) is 1.04. The van der Waals surface area contributed by atoms with Crippen LogP contribution >= 0.6 is 0 Å². The van der Waals surface area contributed by atoms with Crippen molar-refractivity contribution < 1.29 is 19.7 Å². The van der Waals surface area contributed by atoms with Gasteiger partial charge >= 0.3 is 0 Å². The number of halogens is 1. The molecule has 0 radical (unpaired) electrons. The van der Waals surface area contributed by atoms with E-state index in [-0.39, 0.29) is 5.56 Å². The first kappa shape index (κ1) is 8.31. The Morgan fingerprint density at radius 1 is 1.23 bits per heavy atom. The summed E-state index contributed by atoms with van der Waals surface area (Å²) in [4.78, 5) is 0. The number of aliphatic hydroxyl groups is 1. The zero-order valence-electron chi connectivity index (χ0n) is 6.79. The van der Waals surface area contributed by atoms with Crippen LogP contribution in [0.1, 0.15) is 18.4 Å². The second-order valence-corrected chi connectivity index (χ2v) is 3.33. The fourth-order valence-electron chi connectivity index (χ4n) is 1.32. The first-order valence-electron chi connectivity index (χ1n) is 3.98. The summed E-state index contributed by atoms with van der Waals surface area (Å²) in [6, 6.07) is 2.46. The molecule has 0 heterocycles. The third-order valence-electron chi connectivity index (χ3n) is 2.32. The van der Waals surface area contributed by atoms with Crippen LogP contribution in [0.3, 0.4) is 0 Å². The van der Waals surface area contributed by atoms with Crippen molar-refractivity contribution in [2.45, 2.75) is 18.4 Å². The van der Waals surface area contributed by atoms with Gasteiger partial charge in [-0.25, -0.2) is 0 Å². The predicted molar refractivity (Wildman–Crippen MR) is 42.9 cm³/mol. The first-order chi connectivity index (χ1) is 6.04. The van der Waals surface area contributed by atoms with E-state index >= 15 is 0 Å². The van der Waals surface area contributed by atoms with Gasteiger partial charge in [-0.15, -0.1) is 0 Å². The molecule has 1 fully saturated rings. The normalized spacial score (nSPS) is 18.6. The minimum atomic E-state index is -1.08. The summed E-state index contributed by atoms with van der Waals surface area (Å²) in [7, 11) is 0. The van der Waals surface area contributed by atoms with Crippen molar-refractivity contribution in [3.63, 3.8) is 0 Å². The molecular weight excluding hydrogens is 175 g/mol. The van der Waals surface area contributed by atoms with Crippen LogP contribution in [-0.4, -0.2) is 15.3 Å². The maximum Gasteiger partial charge on any atom is 0.206 e. The van der Waals surface area contributed by atoms with Crippen molar-refractivity contribution in [1.82, 2.24) is 0 Å². The molecule has 0 bridgehead atoms. The van der Waals surface area contributed by atoms with Gasteiger partial charge in [-0.1, -0.05) is 0 Å². The number of aromatic hydroxyl groups is 2. The van der Waals surface area contributed by atoms with Crippen LogP contribution in [0, 0.1) is 5.82 Å². The summed E-state index contributed by atoms with van der Waals surface area (Å²) in [5.41, 5.74) is -0.929. The second kappa shape index (κ2) is 2.35. The second-order valence-electron chi connectivity index (χ2n) is 3.33. The number of rotatable bonds is 1. The molecule has 0 aliphatic heterocycles. The smallest absolute Gasteiger partial charge is 0.206 e. The SMILES string of the molecule is Oc1ccc(C2(O)CC2)c(O)c1F. The maximum atomic E-state index is 12.9. The Bertz CT molecular complexity index is 358. The molecule has 13 heavy (non-hydrogen) atoms.